The van der Waals surface area contributed by atoms with Gasteiger partial charge in [0.05, 0.1) is 66.9 Å². The molecule has 0 bridgehead atoms. The van der Waals surface area contributed by atoms with Gasteiger partial charge in [0.25, 0.3) is 0 Å². The van der Waals surface area contributed by atoms with Gasteiger partial charge in [-0.1, -0.05) is 267 Å². The van der Waals surface area contributed by atoms with E-state index in [1.807, 2.05) is 60.7 Å². The number of para-hydroxylation sites is 4. The van der Waals surface area contributed by atoms with E-state index in [1.54, 1.807) is 36.9 Å². The van der Waals surface area contributed by atoms with Gasteiger partial charge in [0, 0.05) is 124 Å². The molecule has 15 nitrogen and oxygen atoms in total. The highest BCUT2D eigenvalue weighted by Crippen LogP contribution is 2.39. The lowest BCUT2D eigenvalue weighted by molar-refractivity contribution is 1.07. The molecule has 24 rings (SSSR count). The molecule has 10 heterocycles. The second kappa shape index (κ2) is 31.6. The van der Waals surface area contributed by atoms with Crippen LogP contribution in [0.25, 0.3) is 234 Å². The first kappa shape index (κ1) is 73.7. The lowest BCUT2D eigenvalue weighted by atomic mass is 10.00. The quantitative estimate of drug-likeness (QED) is 0.101. The second-order valence-corrected chi connectivity index (χ2v) is 31.0. The summed E-state index contributed by atoms with van der Waals surface area (Å²) in [5.41, 5.74) is 27.4. The van der Waals surface area contributed by atoms with Crippen LogP contribution < -0.4 is 0 Å². The van der Waals surface area contributed by atoms with Crippen molar-refractivity contribution in [3.63, 3.8) is 0 Å². The van der Waals surface area contributed by atoms with Crippen molar-refractivity contribution in [1.29, 1.82) is 0 Å². The van der Waals surface area contributed by atoms with Crippen molar-refractivity contribution in [1.82, 2.24) is 73.9 Å². The minimum Gasteiger partial charge on any atom is -0.309 e. The fourth-order valence-electron chi connectivity index (χ4n) is 17.0. The predicted molar refractivity (Wildman–Crippen MR) is 508 cm³/mol. The molecule has 0 N–H and O–H groups in total. The zero-order chi connectivity index (χ0) is 83.4. The van der Waals surface area contributed by atoms with Crippen LogP contribution >= 0.6 is 0 Å². The molecule has 0 atom stereocenters. The highest BCUT2D eigenvalue weighted by molar-refractivity contribution is 6.10. The molecule has 24 aromatic rings. The Morgan fingerprint density at radius 2 is 0.413 bits per heavy atom. The molecule has 0 saturated carbocycles. The molecule has 0 aliphatic rings. The number of hydrogen-bond donors (Lipinski definition) is 0. The van der Waals surface area contributed by atoms with Gasteiger partial charge in [-0.05, 0) is 150 Å². The van der Waals surface area contributed by atoms with Gasteiger partial charge in [0.2, 0.25) is 0 Å². The first-order chi connectivity index (χ1) is 62.4. The number of pyridine rings is 4. The van der Waals surface area contributed by atoms with Gasteiger partial charge in [-0.25, -0.2) is 64.8 Å². The van der Waals surface area contributed by atoms with Crippen LogP contribution in [0.3, 0.4) is 0 Å². The molecule has 0 spiro atoms. The van der Waals surface area contributed by atoms with Crippen LogP contribution in [0.15, 0.2) is 419 Å². The Bertz CT molecular complexity index is 7700. The molecule has 0 saturated heterocycles. The van der Waals surface area contributed by atoms with E-state index in [-0.39, 0.29) is 0 Å². The molecule has 0 fully saturated rings. The molecule has 0 radical (unpaired) electrons. The van der Waals surface area contributed by atoms with Crippen LogP contribution in [0.1, 0.15) is 0 Å². The SMILES string of the molecule is c1ccc(-c2nc(-c3ccc(-c4ccc5ccc(-c6ccc7ccc(-c8ncccn8)nc7c6)nc5c4)cc3)cc(-c3ccc(-n4c5ccccc5c5ccccc54)cc3)n2)cc1.c1ccc(-c2nc(-c3ccc(-c4ccc5ccc(-c6ccc7ccc(-c8ncccn8)nc7c6)nc5c4)cc3)nc(-c3ccc(-n4c5ccccc5c5ccccc54)cc3)n2)cc1. The third-order valence-corrected chi connectivity index (χ3v) is 23.3. The van der Waals surface area contributed by atoms with Gasteiger partial charge < -0.3 is 9.13 Å². The van der Waals surface area contributed by atoms with E-state index in [0.29, 0.717) is 34.9 Å². The largest absolute Gasteiger partial charge is 0.309 e. The minimum absolute atomic E-state index is 0.599. The average Bonchev–Trinajstić information content (AvgIpc) is 1.59. The number of nitrogens with zero attached hydrogens (tertiary/aromatic N) is 15. The molecular weight excluding hydrogens is 1540 g/mol. The summed E-state index contributed by atoms with van der Waals surface area (Å²) >= 11 is 0. The van der Waals surface area contributed by atoms with Crippen molar-refractivity contribution in [3.05, 3.63) is 419 Å². The number of hydrogen-bond acceptors (Lipinski definition) is 13. The third-order valence-electron chi connectivity index (χ3n) is 23.3. The summed E-state index contributed by atoms with van der Waals surface area (Å²) in [6.07, 6.45) is 6.92. The molecule has 0 unspecified atom stereocenters. The van der Waals surface area contributed by atoms with E-state index in [4.69, 9.17) is 44.9 Å². The summed E-state index contributed by atoms with van der Waals surface area (Å²) in [5.74, 6) is 3.72. The number of rotatable bonds is 14. The van der Waals surface area contributed by atoms with Crippen LogP contribution in [-0.2, 0) is 0 Å². The van der Waals surface area contributed by atoms with E-state index in [0.717, 1.165) is 156 Å². The van der Waals surface area contributed by atoms with Gasteiger partial charge >= 0.3 is 0 Å². The van der Waals surface area contributed by atoms with Gasteiger partial charge in [0.15, 0.2) is 34.9 Å². The van der Waals surface area contributed by atoms with Gasteiger partial charge in [0.1, 0.15) is 11.4 Å². The number of fused-ring (bicyclic) bond motifs is 10. The molecule has 10 aromatic heterocycles. The van der Waals surface area contributed by atoms with Crippen molar-refractivity contribution in [2.45, 2.75) is 0 Å². The van der Waals surface area contributed by atoms with Gasteiger partial charge in [-0.15, -0.1) is 0 Å². The first-order valence-electron chi connectivity index (χ1n) is 41.7. The molecule has 14 aromatic carbocycles. The molecule has 0 aliphatic carbocycles. The zero-order valence-corrected chi connectivity index (χ0v) is 67.5. The Kier molecular flexibility index (Phi) is 18.5. The van der Waals surface area contributed by atoms with E-state index in [2.05, 4.69) is 351 Å². The molecule has 588 valence electrons. The molecule has 0 amide bonds. The Hall–Kier alpha value is -17.4. The van der Waals surface area contributed by atoms with Crippen molar-refractivity contribution in [2.75, 3.05) is 0 Å². The molecule has 15 heteroatoms. The van der Waals surface area contributed by atoms with Crippen molar-refractivity contribution < 1.29 is 0 Å². The van der Waals surface area contributed by atoms with E-state index < -0.39 is 0 Å². The van der Waals surface area contributed by atoms with E-state index in [9.17, 15) is 0 Å². The maximum Gasteiger partial charge on any atom is 0.178 e. The summed E-state index contributed by atoms with van der Waals surface area (Å²) in [4.78, 5) is 62.8. The van der Waals surface area contributed by atoms with Crippen LogP contribution in [0, 0.1) is 0 Å². The molecular formula is C111H69N15. The summed E-state index contributed by atoms with van der Waals surface area (Å²) in [5, 5.41) is 9.18. The summed E-state index contributed by atoms with van der Waals surface area (Å²) in [6.45, 7) is 0. The maximum absolute atomic E-state index is 5.14. The fourth-order valence-corrected chi connectivity index (χ4v) is 17.0. The van der Waals surface area contributed by atoms with Crippen molar-refractivity contribution in [2.24, 2.45) is 0 Å². The lowest BCUT2D eigenvalue weighted by Crippen LogP contribution is -2.00. The predicted octanol–water partition coefficient (Wildman–Crippen LogP) is 26.3. The van der Waals surface area contributed by atoms with Gasteiger partial charge in [-0.2, -0.15) is 0 Å². The van der Waals surface area contributed by atoms with Crippen LogP contribution in [-0.4, -0.2) is 73.9 Å². The average molecular weight is 1610 g/mol. The molecule has 126 heavy (non-hydrogen) atoms. The Balaban J connectivity index is 0.000000145. The Morgan fingerprint density at radius 1 is 0.151 bits per heavy atom. The smallest absolute Gasteiger partial charge is 0.178 e. The fraction of sp³-hybridized carbons (Fsp3) is 0. The first-order valence-corrected chi connectivity index (χ1v) is 41.7. The van der Waals surface area contributed by atoms with Gasteiger partial charge in [-0.3, -0.25) is 0 Å². The van der Waals surface area contributed by atoms with Crippen LogP contribution in [0.2, 0.25) is 0 Å². The Morgan fingerprint density at radius 3 is 0.786 bits per heavy atom. The second-order valence-electron chi connectivity index (χ2n) is 31.0. The summed E-state index contributed by atoms with van der Waals surface area (Å²) in [6, 6.07) is 136. The Labute approximate surface area is 722 Å². The topological polar surface area (TPSA) is 177 Å². The summed E-state index contributed by atoms with van der Waals surface area (Å²) in [7, 11) is 0. The number of benzene rings is 14. The highest BCUT2D eigenvalue weighted by Gasteiger charge is 2.20. The standard InChI is InChI=1S/C56H35N7.C55H34N8/c1-2-9-41(10-3-1)55-61-51(35-52(62-55)40-23-27-44(28-24-40)63-53-13-6-4-11-45(53)46-12-5-7-14-54(46)63)37-17-15-36(16-18-37)42-21-19-38-25-29-47(59-49(38)33-42)43-22-20-39-26-30-48(60-50(39)34-43)56-57-31-8-32-58-56;1-2-9-38(10-3-1)52-60-53(62-54(61-52)40-23-27-43(28-24-40)63-50-13-6-4-11-44(50)45-12-5-7-14-51(45)63)39-19-15-35(16-20-39)41-21-17-36-25-29-46(58-48(36)33-41)42-22-18-37-26-30-47(59-49(37)34-42)55-56-31-8-32-57-55/h1-35H;1-34H. The van der Waals surface area contributed by atoms with Crippen LogP contribution in [0.4, 0.5) is 0 Å². The molecule has 0 aliphatic heterocycles. The third kappa shape index (κ3) is 14.1. The lowest BCUT2D eigenvalue weighted by Gasteiger charge is -2.12. The minimum atomic E-state index is 0.599. The number of aromatic nitrogens is 15. The van der Waals surface area contributed by atoms with E-state index >= 15 is 0 Å². The maximum atomic E-state index is 5.14. The van der Waals surface area contributed by atoms with Crippen molar-refractivity contribution >= 4 is 87.2 Å². The van der Waals surface area contributed by atoms with E-state index in [1.165, 1.54) is 43.6 Å². The van der Waals surface area contributed by atoms with Crippen LogP contribution in [0.5, 0.6) is 0 Å². The zero-order valence-electron chi connectivity index (χ0n) is 67.5. The normalized spacial score (nSPS) is 11.5. The summed E-state index contributed by atoms with van der Waals surface area (Å²) < 4.78 is 4.65. The van der Waals surface area contributed by atoms with Crippen molar-refractivity contribution in [3.8, 4) is 147 Å². The highest BCUT2D eigenvalue weighted by atomic mass is 15.0. The monoisotopic (exact) mass is 1610 g/mol.